The van der Waals surface area contributed by atoms with Crippen LogP contribution in [0, 0.1) is 6.92 Å². The normalized spacial score (nSPS) is 16.0. The fourth-order valence-electron chi connectivity index (χ4n) is 2.75. The summed E-state index contributed by atoms with van der Waals surface area (Å²) in [5.74, 6) is 0. The van der Waals surface area contributed by atoms with Gasteiger partial charge in [0.25, 0.3) is 0 Å². The van der Waals surface area contributed by atoms with Gasteiger partial charge in [-0.15, -0.1) is 0 Å². The van der Waals surface area contributed by atoms with Crippen LogP contribution in [0.1, 0.15) is 76.4 Å². The number of hydrogen-bond acceptors (Lipinski definition) is 3. The van der Waals surface area contributed by atoms with Crippen LogP contribution in [0.5, 0.6) is 0 Å². The third kappa shape index (κ3) is 4.26. The van der Waals surface area contributed by atoms with Crippen molar-refractivity contribution in [3.8, 4) is 0 Å². The third-order valence-corrected chi connectivity index (χ3v) is 5.53. The van der Waals surface area contributed by atoms with E-state index in [1.165, 1.54) is 5.56 Å². The van der Waals surface area contributed by atoms with Crippen LogP contribution in [-0.2, 0) is 10.8 Å². The van der Waals surface area contributed by atoms with Crippen molar-refractivity contribution < 1.29 is 14.7 Å². The summed E-state index contributed by atoms with van der Waals surface area (Å²) in [5.41, 5.74) is 3.54. The Hall–Kier alpha value is -0.470. The van der Waals surface area contributed by atoms with E-state index in [0.717, 1.165) is 16.7 Å². The summed E-state index contributed by atoms with van der Waals surface area (Å²) in [5, 5.41) is 0. The monoisotopic (exact) mass is 314 g/mol. The topological polar surface area (TPSA) is 60.7 Å². The number of benzene rings is 1. The molecule has 0 aliphatic rings. The summed E-state index contributed by atoms with van der Waals surface area (Å²) in [6, 6.07) is 4.18. The predicted octanol–water partition coefficient (Wildman–Crippen LogP) is 4.12. The van der Waals surface area contributed by atoms with Crippen LogP contribution in [0.3, 0.4) is 0 Å². The van der Waals surface area contributed by atoms with Gasteiger partial charge in [0.05, 0.1) is 0 Å². The van der Waals surface area contributed by atoms with Crippen molar-refractivity contribution in [2.75, 3.05) is 0 Å². The molecule has 0 aliphatic carbocycles. The Morgan fingerprint density at radius 1 is 0.857 bits per heavy atom. The van der Waals surface area contributed by atoms with E-state index in [-0.39, 0.29) is 10.8 Å². The van der Waals surface area contributed by atoms with E-state index in [1.54, 1.807) is 6.92 Å². The second-order valence-corrected chi connectivity index (χ2v) is 10.4. The van der Waals surface area contributed by atoms with E-state index in [4.69, 9.17) is 0 Å². The molecule has 1 rings (SSSR count). The summed E-state index contributed by atoms with van der Waals surface area (Å²) in [6.07, 6.45) is 0. The van der Waals surface area contributed by atoms with E-state index in [0.29, 0.717) is 0 Å². The summed E-state index contributed by atoms with van der Waals surface area (Å²) >= 11 is 0. The first-order valence-electron chi connectivity index (χ1n) is 7.48. The fourth-order valence-corrected chi connectivity index (χ4v) is 3.41. The SMILES string of the molecule is Cc1cc(C(C)[PH](O)(O)O)c(C(C)(C)C)cc1C(C)(C)C. The Morgan fingerprint density at radius 2 is 1.29 bits per heavy atom. The zero-order valence-electron chi connectivity index (χ0n) is 14.6. The van der Waals surface area contributed by atoms with Crippen LogP contribution in [0.2, 0.25) is 0 Å². The number of aryl methyl sites for hydroxylation is 1. The molecule has 0 aliphatic heterocycles. The Balaban J connectivity index is 3.63. The third-order valence-electron chi connectivity index (χ3n) is 4.06. The molecular formula is C17H31O3P. The molecule has 0 radical (unpaired) electrons. The maximum atomic E-state index is 9.70. The fraction of sp³-hybridized carbons (Fsp3) is 0.647. The van der Waals surface area contributed by atoms with Crippen molar-refractivity contribution in [1.29, 1.82) is 0 Å². The van der Waals surface area contributed by atoms with Gasteiger partial charge in [0, 0.05) is 0 Å². The van der Waals surface area contributed by atoms with Crippen LogP contribution in [0.15, 0.2) is 12.1 Å². The Kier molecular flexibility index (Phi) is 4.98. The van der Waals surface area contributed by atoms with Crippen molar-refractivity contribution in [3.05, 3.63) is 34.4 Å². The van der Waals surface area contributed by atoms with E-state index in [1.807, 2.05) is 13.0 Å². The van der Waals surface area contributed by atoms with Crippen LogP contribution >= 0.6 is 7.94 Å². The minimum absolute atomic E-state index is 0.0258. The molecule has 0 bridgehead atoms. The molecule has 0 fully saturated rings. The Labute approximate surface area is 129 Å². The second kappa shape index (κ2) is 5.62. The van der Waals surface area contributed by atoms with Gasteiger partial charge in [-0.2, -0.15) is 0 Å². The molecule has 3 N–H and O–H groups in total. The van der Waals surface area contributed by atoms with Crippen molar-refractivity contribution in [2.24, 2.45) is 0 Å². The van der Waals surface area contributed by atoms with Crippen LogP contribution in [-0.4, -0.2) is 14.7 Å². The van der Waals surface area contributed by atoms with Gasteiger partial charge in [0.2, 0.25) is 0 Å². The van der Waals surface area contributed by atoms with E-state index >= 15 is 0 Å². The van der Waals surface area contributed by atoms with Gasteiger partial charge >= 0.3 is 129 Å². The van der Waals surface area contributed by atoms with Gasteiger partial charge in [-0.05, 0) is 0 Å². The van der Waals surface area contributed by atoms with Crippen LogP contribution in [0.4, 0.5) is 0 Å². The van der Waals surface area contributed by atoms with Crippen LogP contribution in [0.25, 0.3) is 0 Å². The van der Waals surface area contributed by atoms with Crippen molar-refractivity contribution in [2.45, 2.75) is 71.9 Å². The van der Waals surface area contributed by atoms with Gasteiger partial charge < -0.3 is 0 Å². The van der Waals surface area contributed by atoms with Crippen molar-refractivity contribution in [1.82, 2.24) is 0 Å². The molecule has 3 nitrogen and oxygen atoms in total. The molecule has 1 unspecified atom stereocenters. The summed E-state index contributed by atoms with van der Waals surface area (Å²) in [7, 11) is -4.20. The van der Waals surface area contributed by atoms with Gasteiger partial charge in [-0.25, -0.2) is 0 Å². The second-order valence-electron chi connectivity index (χ2n) is 8.16. The molecule has 1 aromatic rings. The van der Waals surface area contributed by atoms with Crippen LogP contribution < -0.4 is 0 Å². The quantitative estimate of drug-likeness (QED) is 0.720. The molecule has 0 saturated heterocycles. The minimum atomic E-state index is -4.20. The summed E-state index contributed by atoms with van der Waals surface area (Å²) in [4.78, 5) is 29.1. The maximum absolute atomic E-state index is 9.70. The zero-order chi connectivity index (χ0) is 16.8. The first-order valence-corrected chi connectivity index (χ1v) is 9.40. The molecule has 0 saturated carbocycles. The molecule has 0 spiro atoms. The summed E-state index contributed by atoms with van der Waals surface area (Å²) in [6.45, 7) is 16.6. The summed E-state index contributed by atoms with van der Waals surface area (Å²) < 4.78 is 0. The molecule has 0 heterocycles. The molecule has 1 atom stereocenters. The molecule has 1 aromatic carbocycles. The van der Waals surface area contributed by atoms with E-state index in [9.17, 15) is 14.7 Å². The zero-order valence-corrected chi connectivity index (χ0v) is 15.6. The molecule has 4 heteroatoms. The molecule has 21 heavy (non-hydrogen) atoms. The average Bonchev–Trinajstić information content (AvgIpc) is 2.22. The van der Waals surface area contributed by atoms with Crippen molar-refractivity contribution >= 4 is 7.94 Å². The van der Waals surface area contributed by atoms with Gasteiger partial charge in [0.1, 0.15) is 0 Å². The van der Waals surface area contributed by atoms with Gasteiger partial charge in [-0.3, -0.25) is 0 Å². The number of hydrogen-bond donors (Lipinski definition) is 3. The molecule has 0 amide bonds. The first kappa shape index (κ1) is 18.6. The number of rotatable bonds is 2. The van der Waals surface area contributed by atoms with E-state index < -0.39 is 13.6 Å². The molecule has 122 valence electrons. The predicted molar refractivity (Wildman–Crippen MR) is 92.0 cm³/mol. The average molecular weight is 314 g/mol. The van der Waals surface area contributed by atoms with Gasteiger partial charge in [-0.1, -0.05) is 0 Å². The Bertz CT molecular complexity index is 517. The van der Waals surface area contributed by atoms with Gasteiger partial charge in [0.15, 0.2) is 0 Å². The molecular weight excluding hydrogens is 283 g/mol. The first-order chi connectivity index (χ1) is 9.15. The van der Waals surface area contributed by atoms with E-state index in [2.05, 4.69) is 47.6 Å². The van der Waals surface area contributed by atoms with Crippen molar-refractivity contribution in [3.63, 3.8) is 0 Å². The standard InChI is InChI=1S/C17H31O3P/c1-11-9-13(12(2)21(18,19)20)15(17(6,7)8)10-14(11)16(3,4)5/h9-10,12,18-21H,1-8H3. The molecule has 0 aromatic heterocycles. The Morgan fingerprint density at radius 3 is 1.62 bits per heavy atom.